The first-order valence-electron chi connectivity index (χ1n) is 7.43. The Morgan fingerprint density at radius 1 is 1.05 bits per heavy atom. The Hall–Kier alpha value is -1.26. The minimum Gasteiger partial charge on any atom is -0.490 e. The van der Waals surface area contributed by atoms with E-state index in [2.05, 4.69) is 0 Å². The Balaban J connectivity index is 2.18. The van der Waals surface area contributed by atoms with Crippen LogP contribution in [0.3, 0.4) is 0 Å². The standard InChI is InChI=1S/C16H24O4/c1-3-11(4-2)15(17)16(18)12-6-7-13-14(10-12)20-9-5-8-19-13/h6-7,10-11,15-18H,3-5,8-9H2,1-2H3. The van der Waals surface area contributed by atoms with E-state index >= 15 is 0 Å². The van der Waals surface area contributed by atoms with Gasteiger partial charge in [-0.3, -0.25) is 0 Å². The highest BCUT2D eigenvalue weighted by Gasteiger charge is 2.26. The summed E-state index contributed by atoms with van der Waals surface area (Å²) in [5.74, 6) is 1.45. The summed E-state index contributed by atoms with van der Waals surface area (Å²) < 4.78 is 11.2. The summed E-state index contributed by atoms with van der Waals surface area (Å²) >= 11 is 0. The number of aliphatic hydroxyl groups is 2. The number of rotatable bonds is 5. The normalized spacial score (nSPS) is 17.6. The van der Waals surface area contributed by atoms with E-state index in [0.717, 1.165) is 19.3 Å². The number of hydrogen-bond donors (Lipinski definition) is 2. The third kappa shape index (κ3) is 3.25. The average Bonchev–Trinajstić information content (AvgIpc) is 2.72. The van der Waals surface area contributed by atoms with Gasteiger partial charge in [-0.1, -0.05) is 32.8 Å². The zero-order valence-electron chi connectivity index (χ0n) is 12.2. The zero-order valence-corrected chi connectivity index (χ0v) is 12.2. The molecular weight excluding hydrogens is 256 g/mol. The lowest BCUT2D eigenvalue weighted by Gasteiger charge is -2.25. The molecule has 0 bridgehead atoms. The van der Waals surface area contributed by atoms with Crippen molar-refractivity contribution in [2.24, 2.45) is 5.92 Å². The van der Waals surface area contributed by atoms with Crippen LogP contribution in [0.5, 0.6) is 11.5 Å². The Bertz CT molecular complexity index is 428. The zero-order chi connectivity index (χ0) is 14.5. The van der Waals surface area contributed by atoms with Gasteiger partial charge in [-0.25, -0.2) is 0 Å². The van der Waals surface area contributed by atoms with Crippen LogP contribution in [0.4, 0.5) is 0 Å². The molecule has 0 fully saturated rings. The van der Waals surface area contributed by atoms with Crippen LogP contribution in [0.15, 0.2) is 18.2 Å². The van der Waals surface area contributed by atoms with Crippen molar-refractivity contribution < 1.29 is 19.7 Å². The van der Waals surface area contributed by atoms with Crippen molar-refractivity contribution in [2.75, 3.05) is 13.2 Å². The molecule has 0 saturated carbocycles. The van der Waals surface area contributed by atoms with Crippen LogP contribution in [-0.4, -0.2) is 29.5 Å². The summed E-state index contributed by atoms with van der Waals surface area (Å²) in [7, 11) is 0. The highest BCUT2D eigenvalue weighted by molar-refractivity contribution is 5.44. The van der Waals surface area contributed by atoms with Crippen LogP contribution in [-0.2, 0) is 0 Å². The van der Waals surface area contributed by atoms with E-state index in [9.17, 15) is 10.2 Å². The fourth-order valence-electron chi connectivity index (χ4n) is 2.59. The van der Waals surface area contributed by atoms with Gasteiger partial charge in [-0.05, 0) is 23.6 Å². The van der Waals surface area contributed by atoms with Gasteiger partial charge >= 0.3 is 0 Å². The molecule has 0 aromatic heterocycles. The second kappa shape index (κ2) is 6.95. The minimum absolute atomic E-state index is 0.0981. The van der Waals surface area contributed by atoms with Gasteiger partial charge in [0.25, 0.3) is 0 Å². The summed E-state index contributed by atoms with van der Waals surface area (Å²) in [5.41, 5.74) is 0.675. The van der Waals surface area contributed by atoms with Crippen LogP contribution in [0.2, 0.25) is 0 Å². The molecule has 0 spiro atoms. The molecule has 0 aliphatic carbocycles. The van der Waals surface area contributed by atoms with Crippen molar-refractivity contribution in [3.63, 3.8) is 0 Å². The van der Waals surface area contributed by atoms with E-state index in [1.165, 1.54) is 0 Å². The molecule has 4 heteroatoms. The molecule has 2 unspecified atom stereocenters. The third-order valence-corrected chi connectivity index (χ3v) is 3.97. The Labute approximate surface area is 120 Å². The van der Waals surface area contributed by atoms with Crippen molar-refractivity contribution in [1.82, 2.24) is 0 Å². The lowest BCUT2D eigenvalue weighted by molar-refractivity contribution is -0.0210. The number of hydrogen-bond acceptors (Lipinski definition) is 4. The lowest BCUT2D eigenvalue weighted by Crippen LogP contribution is -2.27. The number of ether oxygens (including phenoxy) is 2. The van der Waals surface area contributed by atoms with E-state index in [0.29, 0.717) is 30.3 Å². The fraction of sp³-hybridized carbons (Fsp3) is 0.625. The highest BCUT2D eigenvalue weighted by atomic mass is 16.5. The van der Waals surface area contributed by atoms with Crippen LogP contribution in [0.25, 0.3) is 0 Å². The summed E-state index contributed by atoms with van der Waals surface area (Å²) in [6, 6.07) is 5.37. The predicted molar refractivity (Wildman–Crippen MR) is 77.1 cm³/mol. The van der Waals surface area contributed by atoms with E-state index in [1.54, 1.807) is 18.2 Å². The Morgan fingerprint density at radius 3 is 2.35 bits per heavy atom. The van der Waals surface area contributed by atoms with E-state index in [-0.39, 0.29) is 5.92 Å². The van der Waals surface area contributed by atoms with E-state index in [4.69, 9.17) is 9.47 Å². The van der Waals surface area contributed by atoms with Gasteiger partial charge in [0.1, 0.15) is 6.10 Å². The van der Waals surface area contributed by atoms with Crippen molar-refractivity contribution in [3.05, 3.63) is 23.8 Å². The quantitative estimate of drug-likeness (QED) is 0.870. The maximum atomic E-state index is 10.3. The number of fused-ring (bicyclic) bond motifs is 1. The molecule has 1 aliphatic heterocycles. The first kappa shape index (κ1) is 15.1. The molecule has 1 heterocycles. The molecule has 112 valence electrons. The molecule has 2 N–H and O–H groups in total. The summed E-state index contributed by atoms with van der Waals surface area (Å²) in [6.45, 7) is 5.31. The van der Waals surface area contributed by atoms with Gasteiger partial charge in [0.05, 0.1) is 19.3 Å². The monoisotopic (exact) mass is 280 g/mol. The number of benzene rings is 1. The second-order valence-corrected chi connectivity index (χ2v) is 5.27. The molecule has 1 aliphatic rings. The average molecular weight is 280 g/mol. The van der Waals surface area contributed by atoms with Crippen LogP contribution in [0.1, 0.15) is 44.8 Å². The largest absolute Gasteiger partial charge is 0.490 e. The van der Waals surface area contributed by atoms with Crippen LogP contribution >= 0.6 is 0 Å². The third-order valence-electron chi connectivity index (χ3n) is 3.97. The molecule has 2 atom stereocenters. The van der Waals surface area contributed by atoms with Gasteiger partial charge in [0, 0.05) is 6.42 Å². The van der Waals surface area contributed by atoms with Crippen LogP contribution < -0.4 is 9.47 Å². The first-order chi connectivity index (χ1) is 9.67. The van der Waals surface area contributed by atoms with Gasteiger partial charge < -0.3 is 19.7 Å². The van der Waals surface area contributed by atoms with E-state index in [1.807, 2.05) is 13.8 Å². The van der Waals surface area contributed by atoms with Crippen molar-refractivity contribution in [1.29, 1.82) is 0 Å². The second-order valence-electron chi connectivity index (χ2n) is 5.27. The van der Waals surface area contributed by atoms with Crippen LogP contribution in [0, 0.1) is 5.92 Å². The number of aliphatic hydroxyl groups excluding tert-OH is 2. The molecule has 4 nitrogen and oxygen atoms in total. The fourth-order valence-corrected chi connectivity index (χ4v) is 2.59. The first-order valence-corrected chi connectivity index (χ1v) is 7.43. The maximum absolute atomic E-state index is 10.3. The van der Waals surface area contributed by atoms with Crippen molar-refractivity contribution in [3.8, 4) is 11.5 Å². The van der Waals surface area contributed by atoms with Crippen molar-refractivity contribution in [2.45, 2.75) is 45.3 Å². The predicted octanol–water partition coefficient (Wildman–Crippen LogP) is 2.68. The summed E-state index contributed by atoms with van der Waals surface area (Å²) in [6.07, 6.45) is 0.897. The minimum atomic E-state index is -0.892. The lowest BCUT2D eigenvalue weighted by atomic mass is 9.89. The molecule has 0 radical (unpaired) electrons. The maximum Gasteiger partial charge on any atom is 0.161 e. The molecule has 1 aromatic carbocycles. The molecule has 2 rings (SSSR count). The molecule has 1 aromatic rings. The van der Waals surface area contributed by atoms with Gasteiger partial charge in [0.15, 0.2) is 11.5 Å². The Morgan fingerprint density at radius 2 is 1.70 bits per heavy atom. The van der Waals surface area contributed by atoms with Gasteiger partial charge in [0.2, 0.25) is 0 Å². The van der Waals surface area contributed by atoms with Gasteiger partial charge in [-0.2, -0.15) is 0 Å². The molecule has 20 heavy (non-hydrogen) atoms. The van der Waals surface area contributed by atoms with E-state index < -0.39 is 12.2 Å². The highest BCUT2D eigenvalue weighted by Crippen LogP contribution is 2.34. The summed E-state index contributed by atoms with van der Waals surface area (Å²) in [4.78, 5) is 0. The topological polar surface area (TPSA) is 58.9 Å². The smallest absolute Gasteiger partial charge is 0.161 e. The SMILES string of the molecule is CCC(CC)C(O)C(O)c1ccc2c(c1)OCCCO2. The molecule has 0 amide bonds. The van der Waals surface area contributed by atoms with Crippen molar-refractivity contribution >= 4 is 0 Å². The summed E-state index contributed by atoms with van der Waals surface area (Å²) in [5, 5.41) is 20.6. The van der Waals surface area contributed by atoms with Gasteiger partial charge in [-0.15, -0.1) is 0 Å². The molecular formula is C16H24O4. The molecule has 0 saturated heterocycles. The Kier molecular flexibility index (Phi) is 5.26.